The molecule has 1 aromatic carbocycles. The summed E-state index contributed by atoms with van der Waals surface area (Å²) < 4.78 is 6.35. The Hall–Kier alpha value is -1.69. The molecule has 0 N–H and O–H groups in total. The van der Waals surface area contributed by atoms with Crippen LogP contribution in [0.25, 0.3) is 11.0 Å². The van der Waals surface area contributed by atoms with E-state index in [1.165, 1.54) is 4.57 Å². The number of alkyl halides is 1. The first-order valence-corrected chi connectivity index (χ1v) is 7.49. The zero-order chi connectivity index (χ0) is 14.5. The lowest BCUT2D eigenvalue weighted by Gasteiger charge is -2.11. The minimum Gasteiger partial charge on any atom is -0.465 e. The van der Waals surface area contributed by atoms with E-state index in [1.54, 1.807) is 13.0 Å². The van der Waals surface area contributed by atoms with Crippen LogP contribution in [0.1, 0.15) is 12.6 Å². The fourth-order valence-corrected chi connectivity index (χ4v) is 2.37. The van der Waals surface area contributed by atoms with Gasteiger partial charge < -0.3 is 4.74 Å². The molecule has 0 atom stereocenters. The van der Waals surface area contributed by atoms with Crippen molar-refractivity contribution in [3.63, 3.8) is 0 Å². The second-order valence-electron chi connectivity index (χ2n) is 4.18. The number of aromatic nitrogens is 2. The monoisotopic (exact) mass is 338 g/mol. The highest BCUT2D eigenvalue weighted by atomic mass is 79.9. The maximum absolute atomic E-state index is 12.4. The van der Waals surface area contributed by atoms with Crippen molar-refractivity contribution in [2.45, 2.75) is 19.9 Å². The van der Waals surface area contributed by atoms with Crippen LogP contribution < -0.4 is 5.56 Å². The van der Waals surface area contributed by atoms with Crippen LogP contribution >= 0.6 is 15.9 Å². The Morgan fingerprint density at radius 1 is 1.40 bits per heavy atom. The maximum Gasteiger partial charge on any atom is 0.326 e. The molecule has 0 amide bonds. The number of ether oxygens (including phenoxy) is 1. The van der Waals surface area contributed by atoms with Crippen molar-refractivity contribution < 1.29 is 9.53 Å². The molecule has 1 heterocycles. The number of aryl methyl sites for hydroxylation is 1. The van der Waals surface area contributed by atoms with Crippen LogP contribution in [0.3, 0.4) is 0 Å². The fourth-order valence-electron chi connectivity index (χ4n) is 1.99. The molecule has 0 bridgehead atoms. The summed E-state index contributed by atoms with van der Waals surface area (Å²) in [7, 11) is 0. The number of carbonyl (C=O) groups is 1. The van der Waals surface area contributed by atoms with Crippen molar-refractivity contribution >= 4 is 32.9 Å². The first-order chi connectivity index (χ1) is 9.67. The van der Waals surface area contributed by atoms with Crippen molar-refractivity contribution in [2.75, 3.05) is 11.9 Å². The summed E-state index contributed by atoms with van der Waals surface area (Å²) in [5.41, 5.74) is 1.55. The molecule has 106 valence electrons. The van der Waals surface area contributed by atoms with E-state index in [9.17, 15) is 9.59 Å². The molecule has 0 aliphatic heterocycles. The molecule has 0 aliphatic rings. The summed E-state index contributed by atoms with van der Waals surface area (Å²) >= 11 is 3.30. The van der Waals surface area contributed by atoms with E-state index < -0.39 is 5.97 Å². The molecule has 2 rings (SSSR count). The lowest BCUT2D eigenvalue weighted by Crippen LogP contribution is -2.29. The molecule has 0 aliphatic carbocycles. The highest BCUT2D eigenvalue weighted by Gasteiger charge is 2.13. The highest BCUT2D eigenvalue weighted by molar-refractivity contribution is 9.09. The lowest BCUT2D eigenvalue weighted by atomic mass is 10.2. The second kappa shape index (κ2) is 6.65. The SMILES string of the molecule is CCOC(=O)Cn1c(=O)c(CCBr)nc2ccccc21. The van der Waals surface area contributed by atoms with Crippen LogP contribution in [0.15, 0.2) is 29.1 Å². The van der Waals surface area contributed by atoms with E-state index in [4.69, 9.17) is 4.74 Å². The van der Waals surface area contributed by atoms with Crippen molar-refractivity contribution in [1.29, 1.82) is 0 Å². The molecule has 20 heavy (non-hydrogen) atoms. The van der Waals surface area contributed by atoms with Gasteiger partial charge in [0.1, 0.15) is 12.2 Å². The molecule has 5 nitrogen and oxygen atoms in total. The smallest absolute Gasteiger partial charge is 0.326 e. The third kappa shape index (κ3) is 3.07. The standard InChI is InChI=1S/C14H15BrN2O3/c1-2-20-13(18)9-17-12-6-4-3-5-10(12)16-11(7-8-15)14(17)19/h3-6H,2,7-9H2,1H3. The van der Waals surface area contributed by atoms with E-state index in [0.717, 1.165) is 0 Å². The average Bonchev–Trinajstić information content (AvgIpc) is 2.44. The summed E-state index contributed by atoms with van der Waals surface area (Å²) in [6, 6.07) is 7.27. The number of hydrogen-bond acceptors (Lipinski definition) is 4. The van der Waals surface area contributed by atoms with E-state index in [0.29, 0.717) is 35.1 Å². The molecular formula is C14H15BrN2O3. The molecule has 0 fully saturated rings. The molecule has 0 unspecified atom stereocenters. The molecule has 0 radical (unpaired) electrons. The number of hydrogen-bond donors (Lipinski definition) is 0. The van der Waals surface area contributed by atoms with Crippen LogP contribution in [0.5, 0.6) is 0 Å². The number of halogens is 1. The van der Waals surface area contributed by atoms with Crippen LogP contribution in [0.4, 0.5) is 0 Å². The van der Waals surface area contributed by atoms with Gasteiger partial charge in [0.15, 0.2) is 0 Å². The van der Waals surface area contributed by atoms with Gasteiger partial charge in [-0.05, 0) is 19.1 Å². The highest BCUT2D eigenvalue weighted by Crippen LogP contribution is 2.10. The Morgan fingerprint density at radius 2 is 2.15 bits per heavy atom. The summed E-state index contributed by atoms with van der Waals surface area (Å²) in [6.45, 7) is 1.94. The predicted molar refractivity (Wildman–Crippen MR) is 80.1 cm³/mol. The first-order valence-electron chi connectivity index (χ1n) is 6.37. The van der Waals surface area contributed by atoms with Crippen LogP contribution in [-0.2, 0) is 22.5 Å². The number of esters is 1. The Balaban J connectivity index is 2.56. The lowest BCUT2D eigenvalue weighted by molar-refractivity contribution is -0.143. The van der Waals surface area contributed by atoms with Crippen molar-refractivity contribution in [2.24, 2.45) is 0 Å². The molecule has 1 aromatic heterocycles. The molecule has 2 aromatic rings. The van der Waals surface area contributed by atoms with Gasteiger partial charge in [0, 0.05) is 11.8 Å². The number of fused-ring (bicyclic) bond motifs is 1. The van der Waals surface area contributed by atoms with Gasteiger partial charge in [0.2, 0.25) is 0 Å². The number of nitrogens with zero attached hydrogens (tertiary/aromatic N) is 2. The van der Waals surface area contributed by atoms with Crippen molar-refractivity contribution in [3.8, 4) is 0 Å². The van der Waals surface area contributed by atoms with Gasteiger partial charge in [-0.2, -0.15) is 0 Å². The van der Waals surface area contributed by atoms with Crippen molar-refractivity contribution in [3.05, 3.63) is 40.3 Å². The van der Waals surface area contributed by atoms with Gasteiger partial charge in [0.25, 0.3) is 5.56 Å². The Kier molecular flexibility index (Phi) is 4.89. The first kappa shape index (κ1) is 14.7. The third-order valence-electron chi connectivity index (χ3n) is 2.84. The quantitative estimate of drug-likeness (QED) is 0.617. The molecule has 0 saturated carbocycles. The zero-order valence-corrected chi connectivity index (χ0v) is 12.7. The zero-order valence-electron chi connectivity index (χ0n) is 11.1. The summed E-state index contributed by atoms with van der Waals surface area (Å²) in [4.78, 5) is 28.4. The third-order valence-corrected chi connectivity index (χ3v) is 3.24. The van der Waals surface area contributed by atoms with Crippen molar-refractivity contribution in [1.82, 2.24) is 9.55 Å². The number of para-hydroxylation sites is 2. The normalized spacial score (nSPS) is 10.7. The average molecular weight is 339 g/mol. The van der Waals surface area contributed by atoms with E-state index in [1.807, 2.05) is 18.2 Å². The molecule has 6 heteroatoms. The minimum absolute atomic E-state index is 0.0923. The molecule has 0 spiro atoms. The number of benzene rings is 1. The minimum atomic E-state index is -0.421. The Labute approximate surface area is 124 Å². The van der Waals surface area contributed by atoms with Crippen LogP contribution in [0, 0.1) is 0 Å². The summed E-state index contributed by atoms with van der Waals surface area (Å²) in [5.74, 6) is -0.421. The molecular weight excluding hydrogens is 324 g/mol. The maximum atomic E-state index is 12.4. The van der Waals surface area contributed by atoms with Gasteiger partial charge >= 0.3 is 5.97 Å². The van der Waals surface area contributed by atoms with Gasteiger partial charge in [-0.3, -0.25) is 14.2 Å². The van der Waals surface area contributed by atoms with E-state index in [-0.39, 0.29) is 12.1 Å². The Morgan fingerprint density at radius 3 is 2.85 bits per heavy atom. The van der Waals surface area contributed by atoms with Crippen LogP contribution in [-0.4, -0.2) is 27.5 Å². The van der Waals surface area contributed by atoms with E-state index in [2.05, 4.69) is 20.9 Å². The van der Waals surface area contributed by atoms with E-state index >= 15 is 0 Å². The topological polar surface area (TPSA) is 61.2 Å². The Bertz CT molecular complexity index is 682. The van der Waals surface area contributed by atoms with Crippen LogP contribution in [0.2, 0.25) is 0 Å². The van der Waals surface area contributed by atoms with Gasteiger partial charge in [-0.15, -0.1) is 0 Å². The second-order valence-corrected chi connectivity index (χ2v) is 4.98. The largest absolute Gasteiger partial charge is 0.465 e. The predicted octanol–water partition coefficient (Wildman–Crippen LogP) is 1.90. The van der Waals surface area contributed by atoms with Gasteiger partial charge in [-0.1, -0.05) is 28.1 Å². The fraction of sp³-hybridized carbons (Fsp3) is 0.357. The van der Waals surface area contributed by atoms with Gasteiger partial charge in [-0.25, -0.2) is 4.98 Å². The number of rotatable bonds is 5. The summed E-state index contributed by atoms with van der Waals surface area (Å²) in [6.07, 6.45) is 0.520. The summed E-state index contributed by atoms with van der Waals surface area (Å²) in [5, 5.41) is 0.646. The molecule has 0 saturated heterocycles. The number of carbonyl (C=O) groups excluding carboxylic acids is 1. The van der Waals surface area contributed by atoms with Gasteiger partial charge in [0.05, 0.1) is 17.6 Å².